The summed E-state index contributed by atoms with van der Waals surface area (Å²) in [6.07, 6.45) is 15.0. The Kier molecular flexibility index (Phi) is 15.4. The number of unbranched alkanes of at least 4 members (excludes halogenated alkanes) is 12. The summed E-state index contributed by atoms with van der Waals surface area (Å²) in [6, 6.07) is 9.66. The number of aliphatic hydroxyl groups is 1. The van der Waals surface area contributed by atoms with Gasteiger partial charge in [-0.25, -0.2) is 4.79 Å². The van der Waals surface area contributed by atoms with Gasteiger partial charge in [0, 0.05) is 0 Å². The maximum atomic E-state index is 11.2. The molecule has 0 bridgehead atoms. The lowest BCUT2D eigenvalue weighted by Gasteiger charge is -2.20. The highest BCUT2D eigenvalue weighted by Gasteiger charge is 2.26. The van der Waals surface area contributed by atoms with Crippen LogP contribution in [0.1, 0.15) is 102 Å². The lowest BCUT2D eigenvalue weighted by Crippen LogP contribution is -2.35. The van der Waals surface area contributed by atoms with Crippen LogP contribution in [-0.2, 0) is 16.1 Å². The van der Waals surface area contributed by atoms with Gasteiger partial charge in [0.2, 0.25) is 0 Å². The van der Waals surface area contributed by atoms with Crippen LogP contribution < -0.4 is 0 Å². The van der Waals surface area contributed by atoms with Crippen LogP contribution in [0.3, 0.4) is 0 Å². The minimum atomic E-state index is -1.46. The number of hydrogen-bond acceptors (Lipinski definition) is 3. The van der Waals surface area contributed by atoms with Gasteiger partial charge in [-0.3, -0.25) is 0 Å². The number of aliphatic carboxylic acids is 1. The van der Waals surface area contributed by atoms with Crippen molar-refractivity contribution < 1.29 is 19.7 Å². The number of carboxylic acids is 1. The molecule has 0 aliphatic heterocycles. The van der Waals surface area contributed by atoms with Crippen LogP contribution in [0.4, 0.5) is 0 Å². The van der Waals surface area contributed by atoms with Gasteiger partial charge < -0.3 is 14.9 Å². The van der Waals surface area contributed by atoms with E-state index in [0.717, 1.165) is 18.4 Å². The summed E-state index contributed by atoms with van der Waals surface area (Å²) < 4.78 is 5.73. The van der Waals surface area contributed by atoms with E-state index in [1.807, 2.05) is 30.3 Å². The van der Waals surface area contributed by atoms with Crippen molar-refractivity contribution in [3.05, 3.63) is 35.9 Å². The predicted octanol–water partition coefficient (Wildman–Crippen LogP) is 6.50. The molecule has 0 spiro atoms. The zero-order valence-corrected chi connectivity index (χ0v) is 18.4. The van der Waals surface area contributed by atoms with Gasteiger partial charge in [0.1, 0.15) is 0 Å². The second-order valence-corrected chi connectivity index (χ2v) is 8.15. The molecule has 0 saturated carbocycles. The Labute approximate surface area is 177 Å². The van der Waals surface area contributed by atoms with Gasteiger partial charge in [-0.2, -0.15) is 0 Å². The van der Waals surface area contributed by atoms with E-state index in [4.69, 9.17) is 9.84 Å². The summed E-state index contributed by atoms with van der Waals surface area (Å²) in [5.41, 5.74) is 0.987. The van der Waals surface area contributed by atoms with Gasteiger partial charge in [-0.05, 0) is 12.0 Å². The highest BCUT2D eigenvalue weighted by atomic mass is 16.5. The molecule has 29 heavy (non-hydrogen) atoms. The average Bonchev–Trinajstić information content (AvgIpc) is 2.73. The van der Waals surface area contributed by atoms with Crippen molar-refractivity contribution in [1.29, 1.82) is 0 Å². The Bertz CT molecular complexity index is 503. The number of hydrogen-bond donors (Lipinski definition) is 2. The Morgan fingerprint density at radius 3 is 1.79 bits per heavy atom. The third-order valence-electron chi connectivity index (χ3n) is 5.50. The summed E-state index contributed by atoms with van der Waals surface area (Å²) in [6.45, 7) is 2.58. The SMILES string of the molecule is CCCCCCCCCCCCCCCC(OCc1ccccc1)C(O)C(=O)O. The lowest BCUT2D eigenvalue weighted by molar-refractivity contribution is -0.157. The average molecular weight is 407 g/mol. The van der Waals surface area contributed by atoms with E-state index in [2.05, 4.69) is 6.92 Å². The fourth-order valence-corrected chi connectivity index (χ4v) is 3.63. The van der Waals surface area contributed by atoms with Gasteiger partial charge >= 0.3 is 5.97 Å². The molecule has 0 radical (unpaired) electrons. The Morgan fingerprint density at radius 2 is 1.31 bits per heavy atom. The number of ether oxygens (including phenoxy) is 1. The fraction of sp³-hybridized carbons (Fsp3) is 0.720. The van der Waals surface area contributed by atoms with Crippen LogP contribution in [-0.4, -0.2) is 28.4 Å². The lowest BCUT2D eigenvalue weighted by atomic mass is 10.0. The first-order chi connectivity index (χ1) is 14.1. The summed E-state index contributed by atoms with van der Waals surface area (Å²) in [7, 11) is 0. The predicted molar refractivity (Wildman–Crippen MR) is 119 cm³/mol. The van der Waals surface area contributed by atoms with Crippen molar-refractivity contribution in [3.8, 4) is 0 Å². The molecule has 2 unspecified atom stereocenters. The largest absolute Gasteiger partial charge is 0.479 e. The number of carbonyl (C=O) groups is 1. The van der Waals surface area contributed by atoms with Crippen LogP contribution in [0.15, 0.2) is 30.3 Å². The second-order valence-electron chi connectivity index (χ2n) is 8.15. The summed E-state index contributed by atoms with van der Waals surface area (Å²) in [5.74, 6) is -1.21. The van der Waals surface area contributed by atoms with Crippen LogP contribution in [0.2, 0.25) is 0 Å². The Morgan fingerprint density at radius 1 is 0.828 bits per heavy atom. The second kappa shape index (κ2) is 17.5. The third kappa shape index (κ3) is 13.5. The van der Waals surface area contributed by atoms with Crippen molar-refractivity contribution >= 4 is 5.97 Å². The maximum Gasteiger partial charge on any atom is 0.335 e. The van der Waals surface area contributed by atoms with Crippen LogP contribution in [0, 0.1) is 0 Å². The first kappa shape index (κ1) is 25.6. The van der Waals surface area contributed by atoms with Crippen LogP contribution >= 0.6 is 0 Å². The number of carboxylic acid groups (broad SMARTS) is 1. The molecule has 166 valence electrons. The van der Waals surface area contributed by atoms with E-state index in [9.17, 15) is 9.90 Å². The van der Waals surface area contributed by atoms with Crippen molar-refractivity contribution in [2.45, 2.75) is 116 Å². The molecular weight excluding hydrogens is 364 g/mol. The van der Waals surface area contributed by atoms with Crippen LogP contribution in [0.25, 0.3) is 0 Å². The standard InChI is InChI=1S/C25H42O4/c1-2-3-4-5-6-7-8-9-10-11-12-13-17-20-23(24(26)25(27)28)29-21-22-18-15-14-16-19-22/h14-16,18-19,23-24,26H,2-13,17,20-21H2,1H3,(H,27,28). The first-order valence-corrected chi connectivity index (χ1v) is 11.7. The van der Waals surface area contributed by atoms with Gasteiger partial charge in [-0.1, -0.05) is 121 Å². The molecule has 0 aromatic heterocycles. The molecule has 1 aromatic carbocycles. The third-order valence-corrected chi connectivity index (χ3v) is 5.50. The topological polar surface area (TPSA) is 66.8 Å². The van der Waals surface area contributed by atoms with Gasteiger partial charge in [0.25, 0.3) is 0 Å². The molecule has 2 atom stereocenters. The normalized spacial score (nSPS) is 13.3. The molecule has 0 fully saturated rings. The van der Waals surface area contributed by atoms with E-state index in [1.54, 1.807) is 0 Å². The van der Waals surface area contributed by atoms with E-state index >= 15 is 0 Å². The highest BCUT2D eigenvalue weighted by Crippen LogP contribution is 2.16. The first-order valence-electron chi connectivity index (χ1n) is 11.7. The smallest absolute Gasteiger partial charge is 0.335 e. The zero-order valence-electron chi connectivity index (χ0n) is 18.4. The molecule has 4 nitrogen and oxygen atoms in total. The molecule has 4 heteroatoms. The summed E-state index contributed by atoms with van der Waals surface area (Å²) >= 11 is 0. The van der Waals surface area contributed by atoms with Crippen LogP contribution in [0.5, 0.6) is 0 Å². The van der Waals surface area contributed by atoms with E-state index in [1.165, 1.54) is 70.6 Å². The van der Waals surface area contributed by atoms with E-state index in [-0.39, 0.29) is 0 Å². The molecular formula is C25H42O4. The van der Waals surface area contributed by atoms with Crippen molar-refractivity contribution in [2.24, 2.45) is 0 Å². The minimum absolute atomic E-state index is 0.328. The van der Waals surface area contributed by atoms with E-state index < -0.39 is 18.2 Å². The fourth-order valence-electron chi connectivity index (χ4n) is 3.63. The van der Waals surface area contributed by atoms with Crippen molar-refractivity contribution in [3.63, 3.8) is 0 Å². The maximum absolute atomic E-state index is 11.2. The van der Waals surface area contributed by atoms with Gasteiger partial charge in [0.05, 0.1) is 12.7 Å². The quantitative estimate of drug-likeness (QED) is 0.257. The zero-order chi connectivity index (χ0) is 21.2. The summed E-state index contributed by atoms with van der Waals surface area (Å²) in [4.78, 5) is 11.2. The molecule has 0 aliphatic rings. The van der Waals surface area contributed by atoms with Gasteiger partial charge in [-0.15, -0.1) is 0 Å². The van der Waals surface area contributed by atoms with E-state index in [0.29, 0.717) is 13.0 Å². The molecule has 2 N–H and O–H groups in total. The number of benzene rings is 1. The summed E-state index contributed by atoms with van der Waals surface area (Å²) in [5, 5.41) is 19.1. The van der Waals surface area contributed by atoms with Gasteiger partial charge in [0.15, 0.2) is 6.10 Å². The monoisotopic (exact) mass is 406 g/mol. The molecule has 0 amide bonds. The molecule has 1 rings (SSSR count). The van der Waals surface area contributed by atoms with Crippen molar-refractivity contribution in [2.75, 3.05) is 0 Å². The Balaban J connectivity index is 2.08. The Hall–Kier alpha value is -1.39. The molecule has 0 saturated heterocycles. The number of rotatable bonds is 19. The molecule has 1 aromatic rings. The van der Waals surface area contributed by atoms with Crippen molar-refractivity contribution in [1.82, 2.24) is 0 Å². The molecule has 0 aliphatic carbocycles. The molecule has 0 heterocycles. The number of aliphatic hydroxyl groups excluding tert-OH is 1. The minimum Gasteiger partial charge on any atom is -0.479 e. The highest BCUT2D eigenvalue weighted by molar-refractivity contribution is 5.72.